The van der Waals surface area contributed by atoms with Crippen LogP contribution >= 0.6 is 34.2 Å². The summed E-state index contributed by atoms with van der Waals surface area (Å²) in [5, 5.41) is 0. The van der Waals surface area contributed by atoms with E-state index in [4.69, 9.17) is 11.6 Å². The molecule has 0 spiro atoms. The number of aryl methyl sites for hydroxylation is 1. The van der Waals surface area contributed by atoms with Gasteiger partial charge in [-0.25, -0.2) is 9.37 Å². The van der Waals surface area contributed by atoms with Crippen molar-refractivity contribution in [3.05, 3.63) is 27.3 Å². The molecule has 1 aromatic heterocycles. The minimum absolute atomic E-state index is 0.197. The Labute approximate surface area is 118 Å². The van der Waals surface area contributed by atoms with Crippen LogP contribution in [0.1, 0.15) is 25.7 Å². The molecule has 0 amide bonds. The summed E-state index contributed by atoms with van der Waals surface area (Å²) in [6.07, 6.45) is 0.701. The van der Waals surface area contributed by atoms with Gasteiger partial charge in [0.15, 0.2) is 0 Å². The van der Waals surface area contributed by atoms with Gasteiger partial charge in [-0.3, -0.25) is 0 Å². The van der Waals surface area contributed by atoms with Gasteiger partial charge < -0.3 is 4.57 Å². The van der Waals surface area contributed by atoms with Gasteiger partial charge in [0.1, 0.15) is 11.6 Å². The van der Waals surface area contributed by atoms with E-state index in [1.807, 2.05) is 22.6 Å². The van der Waals surface area contributed by atoms with Crippen LogP contribution in [0, 0.1) is 9.39 Å². The minimum Gasteiger partial charge on any atom is -0.325 e. The molecule has 0 bridgehead atoms. The number of aromatic nitrogens is 2. The van der Waals surface area contributed by atoms with Gasteiger partial charge in [-0.2, -0.15) is 0 Å². The lowest BCUT2D eigenvalue weighted by molar-refractivity contribution is 0.584. The second kappa shape index (κ2) is 5.10. The van der Waals surface area contributed by atoms with Crippen molar-refractivity contribution in [3.8, 4) is 0 Å². The second-order valence-corrected chi connectivity index (χ2v) is 5.73. The van der Waals surface area contributed by atoms with Gasteiger partial charge in [-0.1, -0.05) is 0 Å². The highest BCUT2D eigenvalue weighted by atomic mass is 127. The first-order valence-corrected chi connectivity index (χ1v) is 7.07. The van der Waals surface area contributed by atoms with E-state index in [-0.39, 0.29) is 11.9 Å². The Balaban J connectivity index is 2.71. The van der Waals surface area contributed by atoms with Crippen LogP contribution in [-0.4, -0.2) is 15.4 Å². The first-order valence-electron chi connectivity index (χ1n) is 5.46. The molecule has 0 unspecified atom stereocenters. The maximum Gasteiger partial charge on any atom is 0.138 e. The third-order valence-corrected chi connectivity index (χ3v) is 3.65. The number of alkyl halides is 1. The summed E-state index contributed by atoms with van der Waals surface area (Å²) in [4.78, 5) is 4.53. The molecular formula is C12H13ClFIN2. The number of benzene rings is 1. The molecule has 2 rings (SSSR count). The zero-order valence-corrected chi connectivity index (χ0v) is 12.6. The van der Waals surface area contributed by atoms with E-state index in [2.05, 4.69) is 23.4 Å². The Kier molecular flexibility index (Phi) is 3.92. The average Bonchev–Trinajstić information content (AvgIpc) is 2.57. The molecular weight excluding hydrogens is 354 g/mol. The van der Waals surface area contributed by atoms with Crippen molar-refractivity contribution in [2.75, 3.05) is 5.88 Å². The number of nitrogens with zero attached hydrogens (tertiary/aromatic N) is 2. The monoisotopic (exact) mass is 366 g/mol. The van der Waals surface area contributed by atoms with Crippen LogP contribution in [-0.2, 0) is 6.42 Å². The van der Waals surface area contributed by atoms with Crippen LogP contribution in [0.3, 0.4) is 0 Å². The number of hydrogen-bond donors (Lipinski definition) is 0. The standard InChI is InChI=1S/C12H13ClFIN2/c1-7(2)17-11-5-8(14)9(15)6-10(11)16-12(17)3-4-13/h5-7H,3-4H2,1-2H3. The minimum atomic E-state index is -0.197. The molecule has 0 aliphatic heterocycles. The smallest absolute Gasteiger partial charge is 0.138 e. The van der Waals surface area contributed by atoms with Crippen molar-refractivity contribution < 1.29 is 4.39 Å². The number of halogens is 3. The highest BCUT2D eigenvalue weighted by Crippen LogP contribution is 2.25. The van der Waals surface area contributed by atoms with E-state index in [1.54, 1.807) is 12.1 Å². The van der Waals surface area contributed by atoms with E-state index in [9.17, 15) is 4.39 Å². The molecule has 1 aromatic carbocycles. The molecule has 1 heterocycles. The molecule has 0 atom stereocenters. The van der Waals surface area contributed by atoms with Crippen molar-refractivity contribution in [2.24, 2.45) is 0 Å². The molecule has 0 saturated carbocycles. The van der Waals surface area contributed by atoms with Crippen molar-refractivity contribution in [3.63, 3.8) is 0 Å². The summed E-state index contributed by atoms with van der Waals surface area (Å²) in [5.41, 5.74) is 1.68. The Morgan fingerprint density at radius 3 is 2.76 bits per heavy atom. The molecule has 17 heavy (non-hydrogen) atoms. The maximum absolute atomic E-state index is 13.6. The highest BCUT2D eigenvalue weighted by Gasteiger charge is 2.14. The predicted molar refractivity (Wildman–Crippen MR) is 77.2 cm³/mol. The van der Waals surface area contributed by atoms with Crippen LogP contribution in [0.2, 0.25) is 0 Å². The maximum atomic E-state index is 13.6. The summed E-state index contributed by atoms with van der Waals surface area (Å²) >= 11 is 7.76. The second-order valence-electron chi connectivity index (χ2n) is 4.19. The van der Waals surface area contributed by atoms with Crippen LogP contribution < -0.4 is 0 Å². The Hall–Kier alpha value is -0.360. The van der Waals surface area contributed by atoms with Crippen molar-refractivity contribution >= 4 is 45.2 Å². The molecule has 0 aliphatic carbocycles. The topological polar surface area (TPSA) is 17.8 Å². The Morgan fingerprint density at radius 2 is 2.18 bits per heavy atom. The summed E-state index contributed by atoms with van der Waals surface area (Å²) in [6, 6.07) is 3.58. The normalized spacial score (nSPS) is 11.6. The lowest BCUT2D eigenvalue weighted by Crippen LogP contribution is -2.07. The molecule has 92 valence electrons. The van der Waals surface area contributed by atoms with Gasteiger partial charge in [0, 0.05) is 24.4 Å². The first-order chi connectivity index (χ1) is 8.04. The highest BCUT2D eigenvalue weighted by molar-refractivity contribution is 14.1. The van der Waals surface area contributed by atoms with Crippen molar-refractivity contribution in [2.45, 2.75) is 26.3 Å². The molecule has 5 heteroatoms. The van der Waals surface area contributed by atoms with E-state index >= 15 is 0 Å². The molecule has 0 aliphatic rings. The Morgan fingerprint density at radius 1 is 1.47 bits per heavy atom. The van der Waals surface area contributed by atoms with E-state index in [0.717, 1.165) is 16.9 Å². The molecule has 0 N–H and O–H groups in total. The molecule has 0 saturated heterocycles. The van der Waals surface area contributed by atoms with E-state index < -0.39 is 0 Å². The number of hydrogen-bond acceptors (Lipinski definition) is 1. The van der Waals surface area contributed by atoms with E-state index in [1.165, 1.54) is 0 Å². The summed E-state index contributed by atoms with van der Waals surface area (Å²) in [7, 11) is 0. The predicted octanol–water partition coefficient (Wildman–Crippen LogP) is 4.14. The molecule has 2 nitrogen and oxygen atoms in total. The van der Waals surface area contributed by atoms with Gasteiger partial charge in [-0.15, -0.1) is 11.6 Å². The fraction of sp³-hybridized carbons (Fsp3) is 0.417. The lowest BCUT2D eigenvalue weighted by atomic mass is 10.3. The largest absolute Gasteiger partial charge is 0.325 e. The summed E-state index contributed by atoms with van der Waals surface area (Å²) < 4.78 is 16.3. The fourth-order valence-corrected chi connectivity index (χ4v) is 2.60. The quantitative estimate of drug-likeness (QED) is 0.590. The van der Waals surface area contributed by atoms with Gasteiger partial charge in [0.2, 0.25) is 0 Å². The number of fused-ring (bicyclic) bond motifs is 1. The van der Waals surface area contributed by atoms with Crippen molar-refractivity contribution in [1.29, 1.82) is 0 Å². The van der Waals surface area contributed by atoms with Gasteiger partial charge >= 0.3 is 0 Å². The first kappa shape index (κ1) is 13.1. The third kappa shape index (κ3) is 2.42. The zero-order chi connectivity index (χ0) is 12.6. The molecule has 0 radical (unpaired) electrons. The summed E-state index contributed by atoms with van der Waals surface area (Å²) in [6.45, 7) is 4.13. The van der Waals surface area contributed by atoms with Crippen LogP contribution in [0.5, 0.6) is 0 Å². The average molecular weight is 367 g/mol. The zero-order valence-electron chi connectivity index (χ0n) is 9.67. The van der Waals surface area contributed by atoms with Gasteiger partial charge in [0.05, 0.1) is 14.6 Å². The third-order valence-electron chi connectivity index (χ3n) is 2.64. The summed E-state index contributed by atoms with van der Waals surface area (Å²) in [5.74, 6) is 1.25. The van der Waals surface area contributed by atoms with E-state index in [0.29, 0.717) is 15.9 Å². The lowest BCUT2D eigenvalue weighted by Gasteiger charge is -2.12. The van der Waals surface area contributed by atoms with Crippen LogP contribution in [0.4, 0.5) is 4.39 Å². The SMILES string of the molecule is CC(C)n1c(CCCl)nc2cc(I)c(F)cc21. The number of rotatable bonds is 3. The van der Waals surface area contributed by atoms with Gasteiger partial charge in [0.25, 0.3) is 0 Å². The van der Waals surface area contributed by atoms with Crippen LogP contribution in [0.25, 0.3) is 11.0 Å². The Bertz CT molecular complexity index is 551. The molecule has 2 aromatic rings. The van der Waals surface area contributed by atoms with Gasteiger partial charge in [-0.05, 0) is 42.5 Å². The van der Waals surface area contributed by atoms with Crippen molar-refractivity contribution in [1.82, 2.24) is 9.55 Å². The number of imidazole rings is 1. The fourth-order valence-electron chi connectivity index (χ4n) is 1.98. The van der Waals surface area contributed by atoms with Crippen LogP contribution in [0.15, 0.2) is 12.1 Å². The molecule has 0 fully saturated rings.